The largest absolute Gasteiger partial charge is 0.376 e. The summed E-state index contributed by atoms with van der Waals surface area (Å²) in [5, 5.41) is 11.1. The highest BCUT2D eigenvalue weighted by Crippen LogP contribution is 2.29. The second-order valence-corrected chi connectivity index (χ2v) is 4.88. The number of nitrogens with one attached hydrogen (secondary N) is 1. The normalized spacial score (nSPS) is 18.6. The predicted octanol–water partition coefficient (Wildman–Crippen LogP) is 1.07. The van der Waals surface area contributed by atoms with Gasteiger partial charge < -0.3 is 9.64 Å². The fraction of sp³-hybridized carbons (Fsp3) is 0.667. The van der Waals surface area contributed by atoms with Gasteiger partial charge in [-0.3, -0.25) is 15.5 Å². The maximum absolute atomic E-state index is 11.1. The van der Waals surface area contributed by atoms with Gasteiger partial charge in [-0.15, -0.1) is 0 Å². The van der Waals surface area contributed by atoms with Crippen molar-refractivity contribution >= 4 is 17.5 Å². The SMILES string of the molecule is CCCOC1CCCN(c2nc(NN)ncc2[N+](=O)[O-])C1. The van der Waals surface area contributed by atoms with Crippen LogP contribution in [0.5, 0.6) is 0 Å². The van der Waals surface area contributed by atoms with Gasteiger partial charge in [-0.1, -0.05) is 6.92 Å². The zero-order valence-corrected chi connectivity index (χ0v) is 12.0. The molecule has 1 aliphatic rings. The third-order valence-corrected chi connectivity index (χ3v) is 3.31. The van der Waals surface area contributed by atoms with E-state index in [9.17, 15) is 10.1 Å². The molecule has 9 nitrogen and oxygen atoms in total. The number of nitro groups is 1. The summed E-state index contributed by atoms with van der Waals surface area (Å²) in [6.45, 7) is 4.03. The minimum atomic E-state index is -0.480. The van der Waals surface area contributed by atoms with Gasteiger partial charge in [-0.25, -0.2) is 10.8 Å². The third kappa shape index (κ3) is 3.76. The van der Waals surface area contributed by atoms with Crippen molar-refractivity contribution in [2.45, 2.75) is 32.3 Å². The number of ether oxygens (including phenoxy) is 1. The van der Waals surface area contributed by atoms with Crippen molar-refractivity contribution in [3.05, 3.63) is 16.3 Å². The molecular formula is C12H20N6O3. The van der Waals surface area contributed by atoms with Crippen molar-refractivity contribution in [2.24, 2.45) is 5.84 Å². The van der Waals surface area contributed by atoms with E-state index in [0.717, 1.165) is 19.3 Å². The number of hydrogen-bond donors (Lipinski definition) is 2. The summed E-state index contributed by atoms with van der Waals surface area (Å²) in [6, 6.07) is 0. The Balaban J connectivity index is 2.20. The highest BCUT2D eigenvalue weighted by Gasteiger charge is 2.28. The van der Waals surface area contributed by atoms with E-state index in [2.05, 4.69) is 22.3 Å². The molecule has 116 valence electrons. The highest BCUT2D eigenvalue weighted by atomic mass is 16.6. The summed E-state index contributed by atoms with van der Waals surface area (Å²) >= 11 is 0. The first kappa shape index (κ1) is 15.4. The van der Waals surface area contributed by atoms with Gasteiger partial charge >= 0.3 is 5.69 Å². The molecule has 0 amide bonds. The summed E-state index contributed by atoms with van der Waals surface area (Å²) in [4.78, 5) is 20.4. The molecule has 9 heteroatoms. The van der Waals surface area contributed by atoms with Gasteiger partial charge in [0, 0.05) is 19.7 Å². The van der Waals surface area contributed by atoms with Crippen molar-refractivity contribution < 1.29 is 9.66 Å². The molecule has 21 heavy (non-hydrogen) atoms. The van der Waals surface area contributed by atoms with Gasteiger partial charge in [0.2, 0.25) is 11.8 Å². The zero-order valence-electron chi connectivity index (χ0n) is 12.0. The number of anilines is 2. The number of rotatable bonds is 6. The molecule has 1 fully saturated rings. The molecule has 0 bridgehead atoms. The van der Waals surface area contributed by atoms with Gasteiger partial charge in [-0.2, -0.15) is 4.98 Å². The summed E-state index contributed by atoms with van der Waals surface area (Å²) in [5.41, 5.74) is 2.20. The Morgan fingerprint density at radius 3 is 3.14 bits per heavy atom. The van der Waals surface area contributed by atoms with Crippen molar-refractivity contribution in [1.29, 1.82) is 0 Å². The molecule has 1 atom stereocenters. The molecule has 2 heterocycles. The molecule has 1 aromatic heterocycles. The number of hydrogen-bond acceptors (Lipinski definition) is 8. The molecule has 0 radical (unpaired) electrons. The van der Waals surface area contributed by atoms with Crippen LogP contribution in [0.1, 0.15) is 26.2 Å². The zero-order chi connectivity index (χ0) is 15.2. The summed E-state index contributed by atoms with van der Waals surface area (Å²) in [5.74, 6) is 5.72. The minimum absolute atomic E-state index is 0.0718. The predicted molar refractivity (Wildman–Crippen MR) is 78.0 cm³/mol. The van der Waals surface area contributed by atoms with Crippen LogP contribution in [0, 0.1) is 10.1 Å². The van der Waals surface area contributed by atoms with E-state index in [4.69, 9.17) is 10.6 Å². The topological polar surface area (TPSA) is 119 Å². The van der Waals surface area contributed by atoms with Crippen LogP contribution in [0.2, 0.25) is 0 Å². The standard InChI is InChI=1S/C12H20N6O3/c1-2-6-21-9-4-3-5-17(8-9)11-10(18(19)20)7-14-12(15-11)16-13/h7,9H,2-6,8,13H2,1H3,(H,14,15,16). The Morgan fingerprint density at radius 2 is 2.48 bits per heavy atom. The first-order valence-electron chi connectivity index (χ1n) is 7.00. The fourth-order valence-electron chi connectivity index (χ4n) is 2.35. The van der Waals surface area contributed by atoms with Gasteiger partial charge in [0.1, 0.15) is 6.20 Å². The molecule has 2 rings (SSSR count). The summed E-state index contributed by atoms with van der Waals surface area (Å²) in [7, 11) is 0. The van der Waals surface area contributed by atoms with Crippen LogP contribution in [0.25, 0.3) is 0 Å². The number of nitrogens with two attached hydrogens (primary N) is 1. The lowest BCUT2D eigenvalue weighted by molar-refractivity contribution is -0.384. The van der Waals surface area contributed by atoms with Crippen LogP contribution >= 0.6 is 0 Å². The lowest BCUT2D eigenvalue weighted by Crippen LogP contribution is -2.40. The molecule has 0 aliphatic carbocycles. The van der Waals surface area contributed by atoms with Gasteiger partial charge in [0.05, 0.1) is 11.0 Å². The molecular weight excluding hydrogens is 276 g/mol. The Labute approximate surface area is 122 Å². The van der Waals surface area contributed by atoms with Crippen LogP contribution < -0.4 is 16.2 Å². The first-order valence-corrected chi connectivity index (χ1v) is 7.00. The van der Waals surface area contributed by atoms with Gasteiger partial charge in [-0.05, 0) is 19.3 Å². The Hall–Kier alpha value is -2.00. The van der Waals surface area contributed by atoms with Crippen molar-refractivity contribution in [3.63, 3.8) is 0 Å². The molecule has 3 N–H and O–H groups in total. The number of piperidine rings is 1. The quantitative estimate of drug-likeness (QED) is 0.454. The van der Waals surface area contributed by atoms with E-state index in [-0.39, 0.29) is 23.6 Å². The second-order valence-electron chi connectivity index (χ2n) is 4.88. The van der Waals surface area contributed by atoms with Crippen LogP contribution in [-0.2, 0) is 4.74 Å². The second kappa shape index (κ2) is 7.14. The molecule has 1 aromatic rings. The summed E-state index contributed by atoms with van der Waals surface area (Å²) < 4.78 is 5.75. The van der Waals surface area contributed by atoms with E-state index >= 15 is 0 Å². The van der Waals surface area contributed by atoms with Crippen molar-refractivity contribution in [2.75, 3.05) is 30.0 Å². The molecule has 0 aromatic carbocycles. The van der Waals surface area contributed by atoms with E-state index < -0.39 is 4.92 Å². The Kier molecular flexibility index (Phi) is 5.23. The lowest BCUT2D eigenvalue weighted by atomic mass is 10.1. The highest BCUT2D eigenvalue weighted by molar-refractivity contribution is 5.59. The van der Waals surface area contributed by atoms with Crippen LogP contribution in [0.4, 0.5) is 17.5 Å². The number of nitrogens with zero attached hydrogens (tertiary/aromatic N) is 4. The maximum Gasteiger partial charge on any atom is 0.329 e. The minimum Gasteiger partial charge on any atom is -0.376 e. The Bertz CT molecular complexity index is 498. The van der Waals surface area contributed by atoms with E-state index in [0.29, 0.717) is 19.7 Å². The summed E-state index contributed by atoms with van der Waals surface area (Å²) in [6.07, 6.45) is 4.06. The van der Waals surface area contributed by atoms with Crippen LogP contribution in [0.3, 0.4) is 0 Å². The molecule has 0 saturated carbocycles. The number of nitrogen functional groups attached to an aromatic ring is 1. The third-order valence-electron chi connectivity index (χ3n) is 3.31. The first-order chi connectivity index (χ1) is 10.2. The van der Waals surface area contributed by atoms with Crippen molar-refractivity contribution in [3.8, 4) is 0 Å². The average Bonchev–Trinajstić information content (AvgIpc) is 2.52. The fourth-order valence-corrected chi connectivity index (χ4v) is 2.35. The van der Waals surface area contributed by atoms with Gasteiger partial charge in [0.25, 0.3) is 0 Å². The Morgan fingerprint density at radius 1 is 1.67 bits per heavy atom. The molecule has 1 aliphatic heterocycles. The van der Waals surface area contributed by atoms with Crippen molar-refractivity contribution in [1.82, 2.24) is 9.97 Å². The lowest BCUT2D eigenvalue weighted by Gasteiger charge is -2.33. The van der Waals surface area contributed by atoms with E-state index in [1.165, 1.54) is 6.20 Å². The molecule has 1 unspecified atom stereocenters. The molecule has 0 spiro atoms. The average molecular weight is 296 g/mol. The monoisotopic (exact) mass is 296 g/mol. The number of aromatic nitrogens is 2. The van der Waals surface area contributed by atoms with Crippen LogP contribution in [0.15, 0.2) is 6.20 Å². The van der Waals surface area contributed by atoms with E-state index in [1.54, 1.807) is 0 Å². The van der Waals surface area contributed by atoms with Gasteiger partial charge in [0.15, 0.2) is 0 Å². The molecule has 1 saturated heterocycles. The number of hydrazine groups is 1. The van der Waals surface area contributed by atoms with Crippen LogP contribution in [-0.4, -0.2) is 40.7 Å². The van der Waals surface area contributed by atoms with E-state index in [1.807, 2.05) is 4.90 Å². The maximum atomic E-state index is 11.1. The smallest absolute Gasteiger partial charge is 0.329 e.